The van der Waals surface area contributed by atoms with Gasteiger partial charge in [0.25, 0.3) is 5.78 Å². The summed E-state index contributed by atoms with van der Waals surface area (Å²) in [6, 6.07) is 1.74. The van der Waals surface area contributed by atoms with Crippen LogP contribution >= 0.6 is 23.2 Å². The Morgan fingerprint density at radius 2 is 1.80 bits per heavy atom. The van der Waals surface area contributed by atoms with Gasteiger partial charge in [-0.3, -0.25) is 4.79 Å². The fourth-order valence-corrected chi connectivity index (χ4v) is 1.39. The summed E-state index contributed by atoms with van der Waals surface area (Å²) in [4.78, 5) is 10.8. The number of ketones is 1. The molecule has 0 heterocycles. The van der Waals surface area contributed by atoms with Crippen LogP contribution in [0.25, 0.3) is 0 Å². The number of phenolic OH excluding ortho intramolecular Hbond substituents is 1. The second kappa shape index (κ2) is 3.90. The molecule has 7 heteroatoms. The molecular weight excluding hydrogens is 256 g/mol. The number of carbonyl (C=O) groups excluding carboxylic acids is 1. The number of aromatic hydroxyl groups is 1. The predicted molar refractivity (Wildman–Crippen MR) is 48.5 cm³/mol. The Labute approximate surface area is 92.2 Å². The van der Waals surface area contributed by atoms with Crippen LogP contribution < -0.4 is 0 Å². The topological polar surface area (TPSA) is 37.3 Å². The quantitative estimate of drug-likeness (QED) is 0.784. The van der Waals surface area contributed by atoms with Gasteiger partial charge in [-0.1, -0.05) is 23.2 Å². The number of carbonyl (C=O) groups is 1. The zero-order valence-electron chi connectivity index (χ0n) is 6.90. The molecule has 15 heavy (non-hydrogen) atoms. The van der Waals surface area contributed by atoms with E-state index >= 15 is 0 Å². The van der Waals surface area contributed by atoms with E-state index < -0.39 is 28.3 Å². The van der Waals surface area contributed by atoms with Gasteiger partial charge in [0.2, 0.25) is 0 Å². The van der Waals surface area contributed by atoms with Crippen molar-refractivity contribution in [2.45, 2.75) is 6.18 Å². The van der Waals surface area contributed by atoms with E-state index in [1.54, 1.807) is 0 Å². The third kappa shape index (κ3) is 2.54. The van der Waals surface area contributed by atoms with Crippen LogP contribution in [0, 0.1) is 0 Å². The van der Waals surface area contributed by atoms with Crippen molar-refractivity contribution in [3.8, 4) is 5.75 Å². The van der Waals surface area contributed by atoms with E-state index in [-0.39, 0.29) is 5.02 Å². The molecule has 0 aromatic heterocycles. The number of Topliss-reactive ketones (excluding diaryl/α,β-unsaturated/α-hetero) is 1. The summed E-state index contributed by atoms with van der Waals surface area (Å²) < 4.78 is 36.1. The standard InChI is InChI=1S/C8H3Cl2F3O2/c9-3-1-4(6(14)5(10)2-3)7(15)8(11,12)13/h1-2,14H. The van der Waals surface area contributed by atoms with E-state index in [0.717, 1.165) is 6.07 Å². The molecule has 0 aliphatic heterocycles. The van der Waals surface area contributed by atoms with Gasteiger partial charge in [0.15, 0.2) is 0 Å². The van der Waals surface area contributed by atoms with Gasteiger partial charge in [0, 0.05) is 5.02 Å². The van der Waals surface area contributed by atoms with E-state index in [1.807, 2.05) is 0 Å². The average molecular weight is 259 g/mol. The maximum atomic E-state index is 12.0. The van der Waals surface area contributed by atoms with Crippen molar-refractivity contribution in [2.75, 3.05) is 0 Å². The molecule has 0 saturated carbocycles. The summed E-state index contributed by atoms with van der Waals surface area (Å²) in [5, 5.41) is 8.58. The second-order valence-electron chi connectivity index (χ2n) is 2.61. The Bertz CT molecular complexity index is 415. The minimum atomic E-state index is -5.08. The maximum absolute atomic E-state index is 12.0. The van der Waals surface area contributed by atoms with E-state index in [0.29, 0.717) is 6.07 Å². The summed E-state index contributed by atoms with van der Waals surface area (Å²) in [6.07, 6.45) is -5.08. The highest BCUT2D eigenvalue weighted by atomic mass is 35.5. The predicted octanol–water partition coefficient (Wildman–Crippen LogP) is 3.44. The van der Waals surface area contributed by atoms with Crippen LogP contribution in [-0.4, -0.2) is 17.1 Å². The molecule has 0 aliphatic carbocycles. The van der Waals surface area contributed by atoms with Crippen LogP contribution in [0.4, 0.5) is 13.2 Å². The van der Waals surface area contributed by atoms with Gasteiger partial charge in [-0.2, -0.15) is 13.2 Å². The van der Waals surface area contributed by atoms with Crippen molar-refractivity contribution in [2.24, 2.45) is 0 Å². The Kier molecular flexibility index (Phi) is 3.16. The molecule has 0 atom stereocenters. The molecule has 0 saturated heterocycles. The Balaban J connectivity index is 3.32. The van der Waals surface area contributed by atoms with Crippen molar-refractivity contribution in [3.63, 3.8) is 0 Å². The van der Waals surface area contributed by atoms with Gasteiger partial charge >= 0.3 is 6.18 Å². The van der Waals surface area contributed by atoms with Crippen molar-refractivity contribution in [1.82, 2.24) is 0 Å². The number of halogens is 5. The van der Waals surface area contributed by atoms with Crippen LogP contribution in [0.5, 0.6) is 5.75 Å². The average Bonchev–Trinajstić information content (AvgIpc) is 2.08. The lowest BCUT2D eigenvalue weighted by molar-refractivity contribution is -0.0886. The van der Waals surface area contributed by atoms with Gasteiger partial charge in [-0.05, 0) is 12.1 Å². The number of benzene rings is 1. The molecule has 0 aliphatic rings. The fourth-order valence-electron chi connectivity index (χ4n) is 0.892. The van der Waals surface area contributed by atoms with Gasteiger partial charge in [-0.15, -0.1) is 0 Å². The third-order valence-electron chi connectivity index (χ3n) is 1.53. The fraction of sp³-hybridized carbons (Fsp3) is 0.125. The van der Waals surface area contributed by atoms with Gasteiger partial charge in [0.05, 0.1) is 10.6 Å². The van der Waals surface area contributed by atoms with Crippen LogP contribution in [-0.2, 0) is 0 Å². The Morgan fingerprint density at radius 3 is 2.27 bits per heavy atom. The van der Waals surface area contributed by atoms with E-state index in [1.165, 1.54) is 0 Å². The maximum Gasteiger partial charge on any atom is 0.455 e. The summed E-state index contributed by atoms with van der Waals surface area (Å²) in [7, 11) is 0. The van der Waals surface area contributed by atoms with Gasteiger partial charge in [-0.25, -0.2) is 0 Å². The van der Waals surface area contributed by atoms with Gasteiger partial charge in [0.1, 0.15) is 5.75 Å². The first kappa shape index (κ1) is 12.1. The number of rotatable bonds is 1. The zero-order chi connectivity index (χ0) is 11.8. The first-order valence-corrected chi connectivity index (χ1v) is 4.28. The molecule has 0 radical (unpaired) electrons. The number of hydrogen-bond donors (Lipinski definition) is 1. The van der Waals surface area contributed by atoms with Crippen molar-refractivity contribution >= 4 is 29.0 Å². The second-order valence-corrected chi connectivity index (χ2v) is 3.45. The molecule has 0 bridgehead atoms. The number of phenols is 1. The molecule has 82 valence electrons. The lowest BCUT2D eigenvalue weighted by atomic mass is 10.1. The highest BCUT2D eigenvalue weighted by molar-refractivity contribution is 6.36. The lowest BCUT2D eigenvalue weighted by Crippen LogP contribution is -2.22. The van der Waals surface area contributed by atoms with Crippen LogP contribution in [0.1, 0.15) is 10.4 Å². The largest absolute Gasteiger partial charge is 0.506 e. The van der Waals surface area contributed by atoms with Crippen LogP contribution in [0.3, 0.4) is 0 Å². The molecule has 0 unspecified atom stereocenters. The third-order valence-corrected chi connectivity index (χ3v) is 2.04. The van der Waals surface area contributed by atoms with E-state index in [9.17, 15) is 18.0 Å². The smallest absolute Gasteiger partial charge is 0.455 e. The van der Waals surface area contributed by atoms with Crippen molar-refractivity contribution in [3.05, 3.63) is 27.7 Å². The minimum Gasteiger partial charge on any atom is -0.506 e. The number of hydrogen-bond acceptors (Lipinski definition) is 2. The molecule has 0 spiro atoms. The zero-order valence-corrected chi connectivity index (χ0v) is 8.41. The van der Waals surface area contributed by atoms with Gasteiger partial charge < -0.3 is 5.11 Å². The summed E-state index contributed by atoms with van der Waals surface area (Å²) in [5.41, 5.74) is -0.958. The van der Waals surface area contributed by atoms with Crippen LogP contribution in [0.2, 0.25) is 10.0 Å². The molecule has 1 rings (SSSR count). The Morgan fingerprint density at radius 1 is 1.27 bits per heavy atom. The first-order chi connectivity index (χ1) is 6.73. The molecule has 1 N–H and O–H groups in total. The molecule has 1 aromatic rings. The minimum absolute atomic E-state index is 0.162. The van der Waals surface area contributed by atoms with Crippen molar-refractivity contribution < 1.29 is 23.1 Å². The number of alkyl halides is 3. The SMILES string of the molecule is O=C(c1cc(Cl)cc(Cl)c1O)C(F)(F)F. The first-order valence-electron chi connectivity index (χ1n) is 3.53. The molecule has 1 aromatic carbocycles. The molecule has 0 amide bonds. The summed E-state index contributed by atoms with van der Waals surface area (Å²) >= 11 is 10.8. The summed E-state index contributed by atoms with van der Waals surface area (Å²) in [6.45, 7) is 0. The lowest BCUT2D eigenvalue weighted by Gasteiger charge is -2.08. The normalized spacial score (nSPS) is 11.5. The molecule has 2 nitrogen and oxygen atoms in total. The van der Waals surface area contributed by atoms with E-state index in [2.05, 4.69) is 0 Å². The summed E-state index contributed by atoms with van der Waals surface area (Å²) in [5.74, 6) is -3.12. The molecular formula is C8H3Cl2F3O2. The Hall–Kier alpha value is -0.940. The van der Waals surface area contributed by atoms with Crippen LogP contribution in [0.15, 0.2) is 12.1 Å². The monoisotopic (exact) mass is 258 g/mol. The van der Waals surface area contributed by atoms with E-state index in [4.69, 9.17) is 28.3 Å². The highest BCUT2D eigenvalue weighted by Gasteiger charge is 2.41. The molecule has 0 fully saturated rings. The highest BCUT2D eigenvalue weighted by Crippen LogP contribution is 2.34. The van der Waals surface area contributed by atoms with Crippen molar-refractivity contribution in [1.29, 1.82) is 0 Å².